The smallest absolute Gasteiger partial charge is 0.244 e. The Kier molecular flexibility index (Phi) is 5.82. The highest BCUT2D eigenvalue weighted by atomic mass is 16.5. The zero-order valence-corrected chi connectivity index (χ0v) is 13.6. The summed E-state index contributed by atoms with van der Waals surface area (Å²) in [6, 6.07) is 13.6. The van der Waals surface area contributed by atoms with E-state index in [9.17, 15) is 4.79 Å². The van der Waals surface area contributed by atoms with Crippen LogP contribution in [0.25, 0.3) is 6.08 Å². The Bertz CT molecular complexity index is 647. The minimum Gasteiger partial charge on any atom is -0.465 e. The average Bonchev–Trinajstić information content (AvgIpc) is 3.15. The fourth-order valence-corrected chi connectivity index (χ4v) is 2.73. The number of nitrogens with zero attached hydrogens (tertiary/aromatic N) is 1. The summed E-state index contributed by atoms with van der Waals surface area (Å²) in [5, 5.41) is 3.09. The van der Waals surface area contributed by atoms with Crippen LogP contribution in [0.4, 0.5) is 0 Å². The molecule has 1 saturated heterocycles. The van der Waals surface area contributed by atoms with Crippen LogP contribution in [-0.2, 0) is 9.53 Å². The summed E-state index contributed by atoms with van der Waals surface area (Å²) >= 11 is 0. The second-order valence-electron chi connectivity index (χ2n) is 5.73. The summed E-state index contributed by atoms with van der Waals surface area (Å²) in [6.45, 7) is 4.04. The molecule has 1 atom stereocenters. The minimum absolute atomic E-state index is 0.0574. The second kappa shape index (κ2) is 8.47. The van der Waals surface area contributed by atoms with Crippen LogP contribution in [0.1, 0.15) is 17.4 Å². The maximum atomic E-state index is 12.3. The van der Waals surface area contributed by atoms with E-state index in [4.69, 9.17) is 9.15 Å². The topological polar surface area (TPSA) is 54.7 Å². The SMILES string of the molecule is O=C(/C=C/c1ccco1)NC(CN1CCOCC1)c1ccccc1. The van der Waals surface area contributed by atoms with Gasteiger partial charge in [-0.25, -0.2) is 0 Å². The Labute approximate surface area is 141 Å². The van der Waals surface area contributed by atoms with E-state index in [0.29, 0.717) is 5.76 Å². The van der Waals surface area contributed by atoms with Gasteiger partial charge in [0.05, 0.1) is 25.5 Å². The molecule has 0 saturated carbocycles. The van der Waals surface area contributed by atoms with Crippen LogP contribution in [0.15, 0.2) is 59.2 Å². The van der Waals surface area contributed by atoms with E-state index < -0.39 is 0 Å². The molecule has 0 spiro atoms. The first kappa shape index (κ1) is 16.5. The van der Waals surface area contributed by atoms with Crippen LogP contribution in [0.2, 0.25) is 0 Å². The first-order valence-electron chi connectivity index (χ1n) is 8.18. The van der Waals surface area contributed by atoms with Crippen LogP contribution >= 0.6 is 0 Å². The van der Waals surface area contributed by atoms with Crippen molar-refractivity contribution in [2.75, 3.05) is 32.8 Å². The maximum Gasteiger partial charge on any atom is 0.244 e. The molecule has 2 heterocycles. The first-order chi connectivity index (χ1) is 11.8. The summed E-state index contributed by atoms with van der Waals surface area (Å²) in [5.74, 6) is 0.531. The fourth-order valence-electron chi connectivity index (χ4n) is 2.73. The van der Waals surface area contributed by atoms with Crippen molar-refractivity contribution in [1.82, 2.24) is 10.2 Å². The molecule has 0 radical (unpaired) electrons. The molecule has 1 aliphatic rings. The van der Waals surface area contributed by atoms with E-state index in [-0.39, 0.29) is 11.9 Å². The Hall–Kier alpha value is -2.37. The molecule has 1 unspecified atom stereocenters. The Morgan fingerprint density at radius 3 is 2.67 bits per heavy atom. The second-order valence-corrected chi connectivity index (χ2v) is 5.73. The number of rotatable bonds is 6. The summed E-state index contributed by atoms with van der Waals surface area (Å²) < 4.78 is 10.6. The lowest BCUT2D eigenvalue weighted by Gasteiger charge is -2.30. The number of carbonyl (C=O) groups is 1. The van der Waals surface area contributed by atoms with Gasteiger partial charge in [-0.15, -0.1) is 0 Å². The van der Waals surface area contributed by atoms with Gasteiger partial charge in [-0.2, -0.15) is 0 Å². The van der Waals surface area contributed by atoms with Crippen molar-refractivity contribution < 1.29 is 13.9 Å². The van der Waals surface area contributed by atoms with Crippen molar-refractivity contribution in [2.24, 2.45) is 0 Å². The van der Waals surface area contributed by atoms with Gasteiger partial charge in [0, 0.05) is 25.7 Å². The van der Waals surface area contributed by atoms with Gasteiger partial charge in [-0.3, -0.25) is 9.69 Å². The van der Waals surface area contributed by atoms with Crippen molar-refractivity contribution in [3.8, 4) is 0 Å². The molecule has 1 aromatic carbocycles. The highest BCUT2D eigenvalue weighted by molar-refractivity contribution is 5.91. The molecule has 1 fully saturated rings. The molecular weight excluding hydrogens is 304 g/mol. The number of morpholine rings is 1. The molecule has 0 bridgehead atoms. The molecule has 3 rings (SSSR count). The van der Waals surface area contributed by atoms with Crippen molar-refractivity contribution >= 4 is 12.0 Å². The Morgan fingerprint density at radius 1 is 1.17 bits per heavy atom. The molecule has 1 N–H and O–H groups in total. The van der Waals surface area contributed by atoms with E-state index in [0.717, 1.165) is 38.4 Å². The molecule has 0 aliphatic carbocycles. The summed E-state index contributed by atoms with van der Waals surface area (Å²) in [6.07, 6.45) is 4.77. The standard InChI is InChI=1S/C19H22N2O3/c22-19(9-8-17-7-4-12-24-17)20-18(16-5-2-1-3-6-16)15-21-10-13-23-14-11-21/h1-9,12,18H,10-11,13-15H2,(H,20,22)/b9-8+. The lowest BCUT2D eigenvalue weighted by Crippen LogP contribution is -2.42. The molecule has 5 heteroatoms. The van der Waals surface area contributed by atoms with Gasteiger partial charge in [-0.05, 0) is 23.8 Å². The zero-order valence-electron chi connectivity index (χ0n) is 13.6. The van der Waals surface area contributed by atoms with E-state index in [1.165, 1.54) is 6.08 Å². The minimum atomic E-state index is -0.131. The zero-order chi connectivity index (χ0) is 16.6. The van der Waals surface area contributed by atoms with Gasteiger partial charge in [0.15, 0.2) is 0 Å². The van der Waals surface area contributed by atoms with Crippen LogP contribution in [0.5, 0.6) is 0 Å². The van der Waals surface area contributed by atoms with Gasteiger partial charge >= 0.3 is 0 Å². The third kappa shape index (κ3) is 4.81. The molecule has 1 aliphatic heterocycles. The molecule has 126 valence electrons. The molecular formula is C19H22N2O3. The van der Waals surface area contributed by atoms with E-state index in [1.54, 1.807) is 18.4 Å². The quantitative estimate of drug-likeness (QED) is 0.829. The normalized spacial score (nSPS) is 17.0. The molecule has 1 amide bonds. The van der Waals surface area contributed by atoms with Crippen LogP contribution in [0, 0.1) is 0 Å². The van der Waals surface area contributed by atoms with Gasteiger partial charge < -0.3 is 14.5 Å². The predicted octanol–water partition coefficient (Wildman–Crippen LogP) is 2.48. The Balaban J connectivity index is 1.66. The number of hydrogen-bond donors (Lipinski definition) is 1. The van der Waals surface area contributed by atoms with Gasteiger partial charge in [0.1, 0.15) is 5.76 Å². The van der Waals surface area contributed by atoms with Crippen LogP contribution in [0.3, 0.4) is 0 Å². The molecule has 24 heavy (non-hydrogen) atoms. The highest BCUT2D eigenvalue weighted by Gasteiger charge is 2.19. The maximum absolute atomic E-state index is 12.3. The van der Waals surface area contributed by atoms with Crippen molar-refractivity contribution in [3.05, 3.63) is 66.1 Å². The highest BCUT2D eigenvalue weighted by Crippen LogP contribution is 2.15. The largest absolute Gasteiger partial charge is 0.465 e. The number of nitrogens with one attached hydrogen (secondary N) is 1. The van der Waals surface area contributed by atoms with Gasteiger partial charge in [0.2, 0.25) is 5.91 Å². The summed E-state index contributed by atoms with van der Waals surface area (Å²) in [7, 11) is 0. The van der Waals surface area contributed by atoms with Crippen LogP contribution < -0.4 is 5.32 Å². The summed E-state index contributed by atoms with van der Waals surface area (Å²) in [5.41, 5.74) is 1.10. The van der Waals surface area contributed by atoms with E-state index >= 15 is 0 Å². The third-order valence-electron chi connectivity index (χ3n) is 4.01. The monoisotopic (exact) mass is 326 g/mol. The van der Waals surface area contributed by atoms with Gasteiger partial charge in [-0.1, -0.05) is 30.3 Å². The van der Waals surface area contributed by atoms with Gasteiger partial charge in [0.25, 0.3) is 0 Å². The third-order valence-corrected chi connectivity index (χ3v) is 4.01. The fraction of sp³-hybridized carbons (Fsp3) is 0.316. The number of furan rings is 1. The van der Waals surface area contributed by atoms with Crippen molar-refractivity contribution in [2.45, 2.75) is 6.04 Å². The average molecular weight is 326 g/mol. The molecule has 2 aromatic rings. The van der Waals surface area contributed by atoms with E-state index in [2.05, 4.69) is 10.2 Å². The Morgan fingerprint density at radius 2 is 1.96 bits per heavy atom. The van der Waals surface area contributed by atoms with E-state index in [1.807, 2.05) is 36.4 Å². The summed E-state index contributed by atoms with van der Waals surface area (Å²) in [4.78, 5) is 14.6. The number of amides is 1. The van der Waals surface area contributed by atoms with Crippen LogP contribution in [-0.4, -0.2) is 43.7 Å². The predicted molar refractivity (Wildman–Crippen MR) is 92.3 cm³/mol. The number of hydrogen-bond acceptors (Lipinski definition) is 4. The van der Waals surface area contributed by atoms with Crippen molar-refractivity contribution in [3.63, 3.8) is 0 Å². The lowest BCUT2D eigenvalue weighted by molar-refractivity contribution is -0.117. The number of carbonyl (C=O) groups excluding carboxylic acids is 1. The molecule has 1 aromatic heterocycles. The van der Waals surface area contributed by atoms with Crippen molar-refractivity contribution in [1.29, 1.82) is 0 Å². The number of benzene rings is 1. The first-order valence-corrected chi connectivity index (χ1v) is 8.18. The number of ether oxygens (including phenoxy) is 1. The molecule has 5 nitrogen and oxygen atoms in total. The lowest BCUT2D eigenvalue weighted by atomic mass is 10.1.